The molecule has 0 bridgehead atoms. The molecule has 0 aliphatic rings. The van der Waals surface area contributed by atoms with E-state index in [-0.39, 0.29) is 12.1 Å². The molecule has 0 spiro atoms. The molecule has 0 amide bonds. The second-order valence-corrected chi connectivity index (χ2v) is 4.84. The number of aromatic nitrogens is 1. The lowest BCUT2D eigenvalue weighted by Gasteiger charge is -2.31. The van der Waals surface area contributed by atoms with E-state index < -0.39 is 0 Å². The SMILES string of the molecule is CC(N)C(c1ccccn1)N(C)CCN(C)C. The Morgan fingerprint density at radius 2 is 1.94 bits per heavy atom. The Bertz CT molecular complexity index is 310. The van der Waals surface area contributed by atoms with Crippen LogP contribution in [0.15, 0.2) is 24.4 Å². The third-order valence-electron chi connectivity index (χ3n) is 2.86. The fraction of sp³-hybridized carbons (Fsp3) is 0.615. The van der Waals surface area contributed by atoms with Crippen molar-refractivity contribution in [2.75, 3.05) is 34.2 Å². The normalized spacial score (nSPS) is 15.2. The molecule has 4 nitrogen and oxygen atoms in total. The number of rotatable bonds is 6. The largest absolute Gasteiger partial charge is 0.326 e. The molecule has 2 N–H and O–H groups in total. The Hall–Kier alpha value is -0.970. The van der Waals surface area contributed by atoms with Crippen molar-refractivity contribution in [2.45, 2.75) is 19.0 Å². The summed E-state index contributed by atoms with van der Waals surface area (Å²) in [6.45, 7) is 4.04. The Morgan fingerprint density at radius 1 is 1.24 bits per heavy atom. The number of pyridine rings is 1. The van der Waals surface area contributed by atoms with Crippen LogP contribution in [0.4, 0.5) is 0 Å². The predicted octanol–water partition coefficient (Wildman–Crippen LogP) is 0.963. The van der Waals surface area contributed by atoms with Crippen LogP contribution in [-0.4, -0.2) is 55.1 Å². The van der Waals surface area contributed by atoms with Gasteiger partial charge in [-0.15, -0.1) is 0 Å². The lowest BCUT2D eigenvalue weighted by Crippen LogP contribution is -2.40. The summed E-state index contributed by atoms with van der Waals surface area (Å²) < 4.78 is 0. The molecule has 1 aromatic rings. The van der Waals surface area contributed by atoms with Crippen molar-refractivity contribution >= 4 is 0 Å². The van der Waals surface area contributed by atoms with Crippen LogP contribution in [0.3, 0.4) is 0 Å². The van der Waals surface area contributed by atoms with Crippen LogP contribution in [0.25, 0.3) is 0 Å². The van der Waals surface area contributed by atoms with Crippen molar-refractivity contribution in [1.29, 1.82) is 0 Å². The first-order valence-electron chi connectivity index (χ1n) is 6.04. The molecule has 0 saturated carbocycles. The maximum atomic E-state index is 6.08. The number of nitrogens with zero attached hydrogens (tertiary/aromatic N) is 3. The molecule has 1 aromatic heterocycles. The quantitative estimate of drug-likeness (QED) is 0.799. The molecule has 0 aromatic carbocycles. The molecule has 0 aliphatic heterocycles. The Labute approximate surface area is 104 Å². The third-order valence-corrected chi connectivity index (χ3v) is 2.86. The second-order valence-electron chi connectivity index (χ2n) is 4.84. The van der Waals surface area contributed by atoms with Gasteiger partial charge in [-0.2, -0.15) is 0 Å². The van der Waals surface area contributed by atoms with Gasteiger partial charge in [0.2, 0.25) is 0 Å². The van der Waals surface area contributed by atoms with E-state index in [9.17, 15) is 0 Å². The van der Waals surface area contributed by atoms with E-state index in [1.54, 1.807) is 0 Å². The van der Waals surface area contributed by atoms with Crippen LogP contribution in [0.1, 0.15) is 18.7 Å². The van der Waals surface area contributed by atoms with Gasteiger partial charge in [-0.25, -0.2) is 0 Å². The molecule has 0 saturated heterocycles. The topological polar surface area (TPSA) is 45.4 Å². The molecule has 17 heavy (non-hydrogen) atoms. The van der Waals surface area contributed by atoms with Crippen LogP contribution >= 0.6 is 0 Å². The van der Waals surface area contributed by atoms with E-state index in [2.05, 4.69) is 35.9 Å². The van der Waals surface area contributed by atoms with Crippen LogP contribution < -0.4 is 5.73 Å². The summed E-state index contributed by atoms with van der Waals surface area (Å²) in [5, 5.41) is 0. The van der Waals surface area contributed by atoms with E-state index in [1.807, 2.05) is 31.3 Å². The van der Waals surface area contributed by atoms with Crippen molar-refractivity contribution in [3.63, 3.8) is 0 Å². The number of hydrogen-bond acceptors (Lipinski definition) is 4. The first kappa shape index (κ1) is 14.1. The molecule has 96 valence electrons. The molecule has 4 heteroatoms. The van der Waals surface area contributed by atoms with Gasteiger partial charge in [-0.1, -0.05) is 6.07 Å². The van der Waals surface area contributed by atoms with E-state index >= 15 is 0 Å². The summed E-state index contributed by atoms with van der Waals surface area (Å²) in [6.07, 6.45) is 1.82. The summed E-state index contributed by atoms with van der Waals surface area (Å²) in [6, 6.07) is 6.23. The lowest BCUT2D eigenvalue weighted by atomic mass is 10.0. The first-order valence-corrected chi connectivity index (χ1v) is 6.04. The highest BCUT2D eigenvalue weighted by Crippen LogP contribution is 2.19. The fourth-order valence-electron chi connectivity index (χ4n) is 1.94. The zero-order valence-corrected chi connectivity index (χ0v) is 11.3. The maximum Gasteiger partial charge on any atom is 0.0668 e. The second kappa shape index (κ2) is 6.69. The van der Waals surface area contributed by atoms with E-state index in [0.29, 0.717) is 0 Å². The number of likely N-dealkylation sites (N-methyl/N-ethyl adjacent to an activating group) is 2. The van der Waals surface area contributed by atoms with Crippen molar-refractivity contribution in [3.8, 4) is 0 Å². The van der Waals surface area contributed by atoms with Gasteiger partial charge in [0.1, 0.15) is 0 Å². The summed E-state index contributed by atoms with van der Waals surface area (Å²) in [5.41, 5.74) is 7.13. The van der Waals surface area contributed by atoms with Crippen molar-refractivity contribution in [2.24, 2.45) is 5.73 Å². The van der Waals surface area contributed by atoms with Gasteiger partial charge in [-0.05, 0) is 40.2 Å². The standard InChI is InChI=1S/C13H24N4/c1-11(14)13(12-7-5-6-8-15-12)17(4)10-9-16(2)3/h5-8,11,13H,9-10,14H2,1-4H3. The monoisotopic (exact) mass is 236 g/mol. The fourth-order valence-corrected chi connectivity index (χ4v) is 1.94. The molecule has 2 unspecified atom stereocenters. The number of nitrogens with two attached hydrogens (primary N) is 1. The van der Waals surface area contributed by atoms with Crippen molar-refractivity contribution in [3.05, 3.63) is 30.1 Å². The smallest absolute Gasteiger partial charge is 0.0668 e. The van der Waals surface area contributed by atoms with Gasteiger partial charge in [0.15, 0.2) is 0 Å². The Balaban J connectivity index is 2.72. The van der Waals surface area contributed by atoms with Gasteiger partial charge in [0, 0.05) is 25.3 Å². The van der Waals surface area contributed by atoms with Gasteiger partial charge in [0.05, 0.1) is 11.7 Å². The minimum atomic E-state index is 0.0667. The predicted molar refractivity (Wildman–Crippen MR) is 71.8 cm³/mol. The van der Waals surface area contributed by atoms with Crippen LogP contribution in [0, 0.1) is 0 Å². The van der Waals surface area contributed by atoms with Crippen molar-refractivity contribution < 1.29 is 0 Å². The molecule has 1 heterocycles. The van der Waals surface area contributed by atoms with Gasteiger partial charge in [0.25, 0.3) is 0 Å². The zero-order valence-electron chi connectivity index (χ0n) is 11.3. The van der Waals surface area contributed by atoms with Crippen LogP contribution in [0.5, 0.6) is 0 Å². The molecule has 1 rings (SSSR count). The average Bonchev–Trinajstić information content (AvgIpc) is 2.27. The summed E-state index contributed by atoms with van der Waals surface area (Å²) in [5.74, 6) is 0. The Kier molecular flexibility index (Phi) is 5.55. The molecule has 2 atom stereocenters. The Morgan fingerprint density at radius 3 is 2.41 bits per heavy atom. The molecule has 0 fully saturated rings. The van der Waals surface area contributed by atoms with Crippen LogP contribution in [-0.2, 0) is 0 Å². The zero-order chi connectivity index (χ0) is 12.8. The van der Waals surface area contributed by atoms with Gasteiger partial charge in [-0.3, -0.25) is 9.88 Å². The minimum absolute atomic E-state index is 0.0667. The lowest BCUT2D eigenvalue weighted by molar-refractivity contribution is 0.195. The molecule has 0 radical (unpaired) electrons. The van der Waals surface area contributed by atoms with Crippen molar-refractivity contribution in [1.82, 2.24) is 14.8 Å². The highest BCUT2D eigenvalue weighted by molar-refractivity contribution is 5.10. The summed E-state index contributed by atoms with van der Waals surface area (Å²) in [7, 11) is 6.26. The van der Waals surface area contributed by atoms with Gasteiger partial charge >= 0.3 is 0 Å². The molecular weight excluding hydrogens is 212 g/mol. The molecular formula is C13H24N4. The van der Waals surface area contributed by atoms with E-state index in [4.69, 9.17) is 5.73 Å². The molecule has 0 aliphatic carbocycles. The minimum Gasteiger partial charge on any atom is -0.326 e. The summed E-state index contributed by atoms with van der Waals surface area (Å²) in [4.78, 5) is 8.86. The van der Waals surface area contributed by atoms with Gasteiger partial charge < -0.3 is 10.6 Å². The average molecular weight is 236 g/mol. The first-order chi connectivity index (χ1) is 8.02. The number of hydrogen-bond donors (Lipinski definition) is 1. The highest BCUT2D eigenvalue weighted by atomic mass is 15.2. The third kappa shape index (κ3) is 4.42. The highest BCUT2D eigenvalue weighted by Gasteiger charge is 2.21. The van der Waals surface area contributed by atoms with E-state index in [1.165, 1.54) is 0 Å². The van der Waals surface area contributed by atoms with Crippen LogP contribution in [0.2, 0.25) is 0 Å². The summed E-state index contributed by atoms with van der Waals surface area (Å²) >= 11 is 0. The van der Waals surface area contributed by atoms with E-state index in [0.717, 1.165) is 18.8 Å². The maximum absolute atomic E-state index is 6.08.